The topological polar surface area (TPSA) is 56.5 Å². The van der Waals surface area contributed by atoms with E-state index in [1.165, 1.54) is 25.5 Å². The van der Waals surface area contributed by atoms with Crippen LogP contribution in [-0.2, 0) is 9.53 Å². The summed E-state index contributed by atoms with van der Waals surface area (Å²) in [6, 6.07) is 2.70. The lowest BCUT2D eigenvalue weighted by Crippen LogP contribution is -1.98. The van der Waals surface area contributed by atoms with Crippen LogP contribution in [-0.4, -0.2) is 19.4 Å². The Kier molecular flexibility index (Phi) is 2.06. The van der Waals surface area contributed by atoms with Crippen molar-refractivity contribution in [2.75, 3.05) is 7.11 Å². The van der Waals surface area contributed by atoms with Crippen molar-refractivity contribution in [3.8, 4) is 0 Å². The number of methoxy groups -OCH3 is 1. The van der Waals surface area contributed by atoms with Crippen molar-refractivity contribution in [1.29, 1.82) is 0 Å². The lowest BCUT2D eigenvalue weighted by molar-refractivity contribution is 0.0564. The average molecular weight is 153 g/mol. The largest absolute Gasteiger partial charge is 0.463 e. The molecule has 0 aromatic carbocycles. The van der Waals surface area contributed by atoms with Gasteiger partial charge in [0.15, 0.2) is 5.76 Å². The minimum Gasteiger partial charge on any atom is -0.463 e. The highest BCUT2D eigenvalue weighted by Crippen LogP contribution is 2.05. The summed E-state index contributed by atoms with van der Waals surface area (Å²) in [6.07, 6.45) is 1.50. The summed E-state index contributed by atoms with van der Waals surface area (Å²) in [4.78, 5) is 20.7. The summed E-state index contributed by atoms with van der Waals surface area (Å²) in [5, 5.41) is 0. The van der Waals surface area contributed by atoms with Crippen LogP contribution in [0.3, 0.4) is 0 Å². The molecule has 0 aliphatic carbocycles. The van der Waals surface area contributed by atoms with Crippen molar-refractivity contribution in [2.45, 2.75) is 0 Å². The highest BCUT2D eigenvalue weighted by atomic mass is 16.5. The van der Waals surface area contributed by atoms with E-state index in [0.29, 0.717) is 0 Å². The molecule has 0 atom stereocenters. The second-order valence-electron chi connectivity index (χ2n) is 1.76. The van der Waals surface area contributed by atoms with Gasteiger partial charge in [0.25, 0.3) is 6.29 Å². The second kappa shape index (κ2) is 3.01. The highest BCUT2D eigenvalue weighted by molar-refractivity contribution is 5.87. The molecule has 1 rings (SSSR count). The number of carbonyl (C=O) groups excluding carboxylic acids is 2. The summed E-state index contributed by atoms with van der Waals surface area (Å²) in [6.45, 7) is 0. The van der Waals surface area contributed by atoms with E-state index in [0.717, 1.165) is 0 Å². The molecule has 1 heterocycles. The van der Waals surface area contributed by atoms with Gasteiger partial charge in [-0.15, -0.1) is 0 Å². The van der Waals surface area contributed by atoms with Crippen LogP contribution in [0.2, 0.25) is 0 Å². The van der Waals surface area contributed by atoms with Crippen LogP contribution < -0.4 is 0 Å². The van der Waals surface area contributed by atoms with E-state index in [4.69, 9.17) is 0 Å². The summed E-state index contributed by atoms with van der Waals surface area (Å²) < 4.78 is 9.02. The smallest absolute Gasteiger partial charge is 0.373 e. The van der Waals surface area contributed by atoms with Crippen LogP contribution in [0, 0.1) is 0 Å². The number of esters is 1. The molecular formula is C7H5O4. The molecule has 0 fully saturated rings. The first kappa shape index (κ1) is 7.53. The molecule has 0 spiro atoms. The molecule has 1 aromatic heterocycles. The van der Waals surface area contributed by atoms with Crippen LogP contribution in [0.25, 0.3) is 0 Å². The van der Waals surface area contributed by atoms with Crippen LogP contribution >= 0.6 is 0 Å². The van der Waals surface area contributed by atoms with Crippen LogP contribution in [0.4, 0.5) is 0 Å². The fourth-order valence-corrected chi connectivity index (χ4v) is 0.603. The standard InChI is InChI=1S/C7H5O4/c1-10-7(9)6-3-2-5(4-8)11-6/h2-3H,1H3. The van der Waals surface area contributed by atoms with Gasteiger partial charge >= 0.3 is 5.97 Å². The summed E-state index contributed by atoms with van der Waals surface area (Å²) in [5.41, 5.74) is 0. The zero-order valence-electron chi connectivity index (χ0n) is 5.79. The first-order valence-electron chi connectivity index (χ1n) is 2.84. The fourth-order valence-electron chi connectivity index (χ4n) is 0.603. The van der Waals surface area contributed by atoms with Crippen LogP contribution in [0.5, 0.6) is 0 Å². The van der Waals surface area contributed by atoms with Crippen LogP contribution in [0.15, 0.2) is 16.5 Å². The molecule has 1 radical (unpaired) electrons. The molecule has 57 valence electrons. The molecule has 0 N–H and O–H groups in total. The zero-order chi connectivity index (χ0) is 8.27. The predicted molar refractivity (Wildman–Crippen MR) is 34.8 cm³/mol. The Labute approximate surface area is 62.8 Å². The molecule has 0 aliphatic heterocycles. The van der Waals surface area contributed by atoms with Gasteiger partial charge in [-0.05, 0) is 12.1 Å². The molecule has 0 unspecified atom stereocenters. The van der Waals surface area contributed by atoms with Crippen molar-refractivity contribution in [3.63, 3.8) is 0 Å². The third-order valence-corrected chi connectivity index (χ3v) is 1.09. The Morgan fingerprint density at radius 3 is 2.82 bits per heavy atom. The van der Waals surface area contributed by atoms with E-state index < -0.39 is 5.97 Å². The molecule has 0 bridgehead atoms. The van der Waals surface area contributed by atoms with Gasteiger partial charge in [0.2, 0.25) is 5.76 Å². The Morgan fingerprint density at radius 1 is 1.64 bits per heavy atom. The molecule has 1 aromatic rings. The van der Waals surface area contributed by atoms with Crippen molar-refractivity contribution in [3.05, 3.63) is 23.7 Å². The number of furan rings is 1. The second-order valence-corrected chi connectivity index (χ2v) is 1.76. The predicted octanol–water partition coefficient (Wildman–Crippen LogP) is 0.524. The number of ether oxygens (including phenoxy) is 1. The van der Waals surface area contributed by atoms with E-state index in [-0.39, 0.29) is 11.5 Å². The van der Waals surface area contributed by atoms with E-state index in [1.54, 1.807) is 0 Å². The molecule has 4 nitrogen and oxygen atoms in total. The van der Waals surface area contributed by atoms with E-state index in [9.17, 15) is 9.59 Å². The zero-order valence-corrected chi connectivity index (χ0v) is 5.79. The maximum absolute atomic E-state index is 10.7. The van der Waals surface area contributed by atoms with Crippen molar-refractivity contribution in [1.82, 2.24) is 0 Å². The Bertz CT molecular complexity index is 274. The van der Waals surface area contributed by atoms with Crippen LogP contribution in [0.1, 0.15) is 16.3 Å². The summed E-state index contributed by atoms with van der Waals surface area (Å²) in [5.74, 6) is -0.609. The number of carbonyl (C=O) groups is 1. The SMILES string of the molecule is COC(=O)c1ccc([C]=O)o1. The lowest BCUT2D eigenvalue weighted by Gasteiger charge is -1.90. The minimum absolute atomic E-state index is 0.00542. The number of hydrogen-bond acceptors (Lipinski definition) is 4. The molecular weight excluding hydrogens is 148 g/mol. The monoisotopic (exact) mass is 153 g/mol. The van der Waals surface area contributed by atoms with Gasteiger partial charge < -0.3 is 9.15 Å². The van der Waals surface area contributed by atoms with Gasteiger partial charge in [-0.3, -0.25) is 4.79 Å². The maximum Gasteiger partial charge on any atom is 0.373 e. The molecule has 0 saturated heterocycles. The summed E-state index contributed by atoms with van der Waals surface area (Å²) >= 11 is 0. The maximum atomic E-state index is 10.7. The quantitative estimate of drug-likeness (QED) is 0.581. The molecule has 0 saturated carbocycles. The van der Waals surface area contributed by atoms with Crippen molar-refractivity contribution >= 4 is 12.3 Å². The minimum atomic E-state index is -0.605. The third kappa shape index (κ3) is 1.46. The Balaban J connectivity index is 2.88. The van der Waals surface area contributed by atoms with Gasteiger partial charge in [-0.2, -0.15) is 0 Å². The molecule has 0 amide bonds. The van der Waals surface area contributed by atoms with Gasteiger partial charge in [0, 0.05) is 0 Å². The van der Waals surface area contributed by atoms with Gasteiger partial charge in [0.1, 0.15) is 0 Å². The van der Waals surface area contributed by atoms with Crippen molar-refractivity contribution in [2.24, 2.45) is 0 Å². The van der Waals surface area contributed by atoms with Gasteiger partial charge in [0.05, 0.1) is 7.11 Å². The van der Waals surface area contributed by atoms with Gasteiger partial charge in [-0.25, -0.2) is 4.79 Å². The van der Waals surface area contributed by atoms with Gasteiger partial charge in [-0.1, -0.05) is 0 Å². The first-order valence-corrected chi connectivity index (χ1v) is 2.84. The highest BCUT2D eigenvalue weighted by Gasteiger charge is 2.10. The Hall–Kier alpha value is -1.58. The Morgan fingerprint density at radius 2 is 2.36 bits per heavy atom. The lowest BCUT2D eigenvalue weighted by atomic mass is 10.4. The normalized spacial score (nSPS) is 9.18. The summed E-state index contributed by atoms with van der Waals surface area (Å²) in [7, 11) is 1.23. The number of hydrogen-bond donors (Lipinski definition) is 0. The van der Waals surface area contributed by atoms with E-state index in [2.05, 4.69) is 9.15 Å². The fraction of sp³-hybridized carbons (Fsp3) is 0.143. The molecule has 0 aliphatic rings. The molecule has 11 heavy (non-hydrogen) atoms. The first-order chi connectivity index (χ1) is 5.27. The number of rotatable bonds is 2. The van der Waals surface area contributed by atoms with E-state index >= 15 is 0 Å². The van der Waals surface area contributed by atoms with Crippen molar-refractivity contribution < 1.29 is 18.7 Å². The third-order valence-electron chi connectivity index (χ3n) is 1.09. The van der Waals surface area contributed by atoms with E-state index in [1.807, 2.05) is 0 Å². The molecule has 4 heteroatoms. The average Bonchev–Trinajstić information content (AvgIpc) is 2.50.